The standard InChI is InChI=1S/C14H26N2/c1-7-14(5,6)16-10-13(8-11(2)3)15-9-12(16)4/h1,11-13,15H,8-10H2,2-6H3. The van der Waals surface area contributed by atoms with Crippen LogP contribution in [0.2, 0.25) is 0 Å². The summed E-state index contributed by atoms with van der Waals surface area (Å²) < 4.78 is 0. The summed E-state index contributed by atoms with van der Waals surface area (Å²) in [6.07, 6.45) is 6.86. The minimum atomic E-state index is -0.128. The van der Waals surface area contributed by atoms with Crippen LogP contribution in [0.4, 0.5) is 0 Å². The van der Waals surface area contributed by atoms with E-state index < -0.39 is 0 Å². The van der Waals surface area contributed by atoms with E-state index in [2.05, 4.69) is 50.8 Å². The first-order valence-electron chi connectivity index (χ1n) is 6.34. The highest BCUT2D eigenvalue weighted by Crippen LogP contribution is 2.21. The second kappa shape index (κ2) is 5.21. The fraction of sp³-hybridized carbons (Fsp3) is 0.857. The summed E-state index contributed by atoms with van der Waals surface area (Å²) in [7, 11) is 0. The largest absolute Gasteiger partial charge is 0.311 e. The van der Waals surface area contributed by atoms with Gasteiger partial charge in [-0.2, -0.15) is 0 Å². The van der Waals surface area contributed by atoms with Crippen molar-refractivity contribution >= 4 is 0 Å². The van der Waals surface area contributed by atoms with E-state index in [0.29, 0.717) is 12.1 Å². The molecule has 1 N–H and O–H groups in total. The smallest absolute Gasteiger partial charge is 0.0769 e. The topological polar surface area (TPSA) is 15.3 Å². The Morgan fingerprint density at radius 1 is 1.50 bits per heavy atom. The number of piperazine rings is 1. The van der Waals surface area contributed by atoms with Gasteiger partial charge in [-0.15, -0.1) is 6.42 Å². The molecule has 1 rings (SSSR count). The molecule has 2 unspecified atom stereocenters. The van der Waals surface area contributed by atoms with Gasteiger partial charge >= 0.3 is 0 Å². The van der Waals surface area contributed by atoms with Crippen LogP contribution in [0.1, 0.15) is 41.0 Å². The summed E-state index contributed by atoms with van der Waals surface area (Å²) in [4.78, 5) is 2.45. The number of hydrogen-bond donors (Lipinski definition) is 1. The van der Waals surface area contributed by atoms with Crippen molar-refractivity contribution in [1.82, 2.24) is 10.2 Å². The molecule has 0 aromatic heterocycles. The lowest BCUT2D eigenvalue weighted by Crippen LogP contribution is -2.61. The zero-order valence-electron chi connectivity index (χ0n) is 11.4. The Morgan fingerprint density at radius 3 is 2.62 bits per heavy atom. The lowest BCUT2D eigenvalue weighted by atomic mass is 9.94. The van der Waals surface area contributed by atoms with E-state index in [9.17, 15) is 0 Å². The van der Waals surface area contributed by atoms with Crippen LogP contribution in [-0.2, 0) is 0 Å². The quantitative estimate of drug-likeness (QED) is 0.736. The molecule has 2 atom stereocenters. The molecule has 1 heterocycles. The third kappa shape index (κ3) is 3.23. The number of nitrogens with zero attached hydrogens (tertiary/aromatic N) is 1. The van der Waals surface area contributed by atoms with Crippen molar-refractivity contribution in [3.05, 3.63) is 0 Å². The molecule has 92 valence electrons. The number of nitrogens with one attached hydrogen (secondary N) is 1. The molecule has 0 radical (unpaired) electrons. The lowest BCUT2D eigenvalue weighted by Gasteiger charge is -2.46. The highest BCUT2D eigenvalue weighted by atomic mass is 15.3. The van der Waals surface area contributed by atoms with Gasteiger partial charge in [-0.05, 0) is 33.1 Å². The van der Waals surface area contributed by atoms with Gasteiger partial charge in [-0.1, -0.05) is 19.8 Å². The van der Waals surface area contributed by atoms with Crippen molar-refractivity contribution in [2.75, 3.05) is 13.1 Å². The van der Waals surface area contributed by atoms with E-state index in [1.165, 1.54) is 6.42 Å². The molecule has 2 heteroatoms. The molecule has 0 aromatic carbocycles. The lowest BCUT2D eigenvalue weighted by molar-refractivity contribution is 0.0669. The fourth-order valence-electron chi connectivity index (χ4n) is 2.52. The van der Waals surface area contributed by atoms with Crippen LogP contribution >= 0.6 is 0 Å². The van der Waals surface area contributed by atoms with Crippen LogP contribution in [0.3, 0.4) is 0 Å². The highest BCUT2D eigenvalue weighted by Gasteiger charge is 2.34. The molecule has 0 bridgehead atoms. The maximum Gasteiger partial charge on any atom is 0.0769 e. The van der Waals surface area contributed by atoms with Gasteiger partial charge in [0.25, 0.3) is 0 Å². The summed E-state index contributed by atoms with van der Waals surface area (Å²) >= 11 is 0. The summed E-state index contributed by atoms with van der Waals surface area (Å²) in [5, 5.41) is 3.62. The van der Waals surface area contributed by atoms with Gasteiger partial charge in [0, 0.05) is 25.2 Å². The van der Waals surface area contributed by atoms with Gasteiger partial charge in [-0.25, -0.2) is 0 Å². The van der Waals surface area contributed by atoms with Crippen LogP contribution < -0.4 is 5.32 Å². The van der Waals surface area contributed by atoms with Gasteiger partial charge in [0.15, 0.2) is 0 Å². The second-order valence-electron chi connectivity index (χ2n) is 5.94. The van der Waals surface area contributed by atoms with Crippen molar-refractivity contribution < 1.29 is 0 Å². The van der Waals surface area contributed by atoms with Crippen molar-refractivity contribution in [1.29, 1.82) is 0 Å². The van der Waals surface area contributed by atoms with Gasteiger partial charge < -0.3 is 5.32 Å². The fourth-order valence-corrected chi connectivity index (χ4v) is 2.52. The average molecular weight is 222 g/mol. The second-order valence-corrected chi connectivity index (χ2v) is 5.94. The monoisotopic (exact) mass is 222 g/mol. The minimum absolute atomic E-state index is 0.128. The molecule has 1 aliphatic heterocycles. The first-order chi connectivity index (χ1) is 7.36. The van der Waals surface area contributed by atoms with Crippen molar-refractivity contribution in [2.24, 2.45) is 5.92 Å². The molecule has 0 aromatic rings. The van der Waals surface area contributed by atoms with E-state index in [1.807, 2.05) is 0 Å². The third-order valence-corrected chi connectivity index (χ3v) is 3.48. The first-order valence-corrected chi connectivity index (χ1v) is 6.34. The van der Waals surface area contributed by atoms with Crippen LogP contribution in [0.5, 0.6) is 0 Å². The SMILES string of the molecule is C#CC(C)(C)N1CC(CC(C)C)NCC1C. The van der Waals surface area contributed by atoms with E-state index in [-0.39, 0.29) is 5.54 Å². The molecular weight excluding hydrogens is 196 g/mol. The van der Waals surface area contributed by atoms with E-state index >= 15 is 0 Å². The highest BCUT2D eigenvalue weighted by molar-refractivity contribution is 5.11. The van der Waals surface area contributed by atoms with Crippen molar-refractivity contribution in [2.45, 2.75) is 58.7 Å². The number of rotatable bonds is 3. The van der Waals surface area contributed by atoms with Crippen LogP contribution in [0.15, 0.2) is 0 Å². The predicted octanol–water partition coefficient (Wildman–Crippen LogP) is 2.11. The maximum absolute atomic E-state index is 5.63. The molecule has 0 spiro atoms. The van der Waals surface area contributed by atoms with E-state index in [0.717, 1.165) is 19.0 Å². The van der Waals surface area contributed by atoms with Gasteiger partial charge in [0.05, 0.1) is 5.54 Å². The van der Waals surface area contributed by atoms with Crippen molar-refractivity contribution in [3.8, 4) is 12.3 Å². The summed E-state index contributed by atoms with van der Waals surface area (Å²) in [5.74, 6) is 3.65. The Balaban J connectivity index is 2.66. The zero-order chi connectivity index (χ0) is 12.3. The van der Waals surface area contributed by atoms with E-state index in [1.54, 1.807) is 0 Å². The Labute approximate surface area is 101 Å². The first kappa shape index (κ1) is 13.5. The Morgan fingerprint density at radius 2 is 2.12 bits per heavy atom. The van der Waals surface area contributed by atoms with Crippen LogP contribution in [0.25, 0.3) is 0 Å². The minimum Gasteiger partial charge on any atom is -0.311 e. The Hall–Kier alpha value is -0.520. The summed E-state index contributed by atoms with van der Waals surface area (Å²) in [6.45, 7) is 13.2. The van der Waals surface area contributed by atoms with Crippen molar-refractivity contribution in [3.63, 3.8) is 0 Å². The van der Waals surface area contributed by atoms with Gasteiger partial charge in [0.2, 0.25) is 0 Å². The van der Waals surface area contributed by atoms with Crippen LogP contribution in [-0.4, -0.2) is 35.6 Å². The Kier molecular flexibility index (Phi) is 4.41. The maximum atomic E-state index is 5.63. The molecule has 1 fully saturated rings. The zero-order valence-corrected chi connectivity index (χ0v) is 11.4. The molecule has 1 aliphatic rings. The predicted molar refractivity (Wildman–Crippen MR) is 70.3 cm³/mol. The summed E-state index contributed by atoms with van der Waals surface area (Å²) in [5.41, 5.74) is -0.128. The molecular formula is C14H26N2. The molecule has 2 nitrogen and oxygen atoms in total. The molecule has 16 heavy (non-hydrogen) atoms. The number of terminal acetylenes is 1. The number of hydrogen-bond acceptors (Lipinski definition) is 2. The summed E-state index contributed by atoms with van der Waals surface area (Å²) in [6, 6.07) is 1.11. The van der Waals surface area contributed by atoms with E-state index in [4.69, 9.17) is 6.42 Å². The third-order valence-electron chi connectivity index (χ3n) is 3.48. The van der Waals surface area contributed by atoms with Gasteiger partial charge in [0.1, 0.15) is 0 Å². The molecule has 0 aliphatic carbocycles. The Bertz CT molecular complexity index is 262. The normalized spacial score (nSPS) is 28.1. The van der Waals surface area contributed by atoms with Gasteiger partial charge in [-0.3, -0.25) is 4.90 Å². The molecule has 0 amide bonds. The molecule has 1 saturated heterocycles. The van der Waals surface area contributed by atoms with Crippen LogP contribution in [0, 0.1) is 18.3 Å². The molecule has 0 saturated carbocycles. The average Bonchev–Trinajstić information content (AvgIpc) is 2.20.